The fourth-order valence-corrected chi connectivity index (χ4v) is 4.50. The Kier molecular flexibility index (Phi) is 6.26. The lowest BCUT2D eigenvalue weighted by Crippen LogP contribution is -2.41. The fraction of sp³-hybridized carbons (Fsp3) is 0.440. The number of benzene rings is 2. The Morgan fingerprint density at radius 3 is 2.50 bits per heavy atom. The molecule has 1 fully saturated rings. The average Bonchev–Trinajstić information content (AvgIpc) is 3.17. The van der Waals surface area contributed by atoms with Gasteiger partial charge in [0.1, 0.15) is 0 Å². The van der Waals surface area contributed by atoms with Crippen LogP contribution in [0.5, 0.6) is 0 Å². The lowest BCUT2D eigenvalue weighted by atomic mass is 9.95. The van der Waals surface area contributed by atoms with Gasteiger partial charge in [-0.15, -0.1) is 0 Å². The van der Waals surface area contributed by atoms with Crippen LogP contribution in [-0.2, 0) is 4.79 Å². The Hall–Kier alpha value is -2.17. The molecule has 2 aromatic carbocycles. The van der Waals surface area contributed by atoms with E-state index >= 15 is 0 Å². The Bertz CT molecular complexity index is 945. The molecular weight excluding hydrogens is 394 g/mol. The molecular formula is C25H30ClN3O. The zero-order valence-corrected chi connectivity index (χ0v) is 18.8. The van der Waals surface area contributed by atoms with Gasteiger partial charge in [-0.1, -0.05) is 48.4 Å². The maximum absolute atomic E-state index is 13.3. The van der Waals surface area contributed by atoms with E-state index in [-0.39, 0.29) is 11.9 Å². The van der Waals surface area contributed by atoms with Crippen molar-refractivity contribution in [3.05, 3.63) is 69.7 Å². The fourth-order valence-electron chi connectivity index (χ4n) is 4.38. The first-order valence-electron chi connectivity index (χ1n) is 10.9. The van der Waals surface area contributed by atoms with Crippen molar-refractivity contribution in [1.82, 2.24) is 9.91 Å². The molecule has 0 bridgehead atoms. The quantitative estimate of drug-likeness (QED) is 0.663. The highest BCUT2D eigenvalue weighted by Crippen LogP contribution is 2.34. The highest BCUT2D eigenvalue weighted by atomic mass is 35.5. The molecule has 0 saturated carbocycles. The predicted octanol–water partition coefficient (Wildman–Crippen LogP) is 5.37. The van der Waals surface area contributed by atoms with Gasteiger partial charge in [-0.3, -0.25) is 9.69 Å². The van der Waals surface area contributed by atoms with Gasteiger partial charge >= 0.3 is 0 Å². The molecule has 0 spiro atoms. The molecule has 1 unspecified atom stereocenters. The summed E-state index contributed by atoms with van der Waals surface area (Å²) >= 11 is 6.10. The van der Waals surface area contributed by atoms with Crippen LogP contribution in [0, 0.1) is 19.8 Å². The molecule has 5 heteroatoms. The second-order valence-corrected chi connectivity index (χ2v) is 9.27. The minimum atomic E-state index is -0.0895. The molecule has 1 atom stereocenters. The molecule has 2 heterocycles. The van der Waals surface area contributed by atoms with Crippen molar-refractivity contribution in [2.45, 2.75) is 46.1 Å². The molecule has 0 aliphatic carbocycles. The van der Waals surface area contributed by atoms with Crippen LogP contribution < -0.4 is 0 Å². The molecule has 2 aromatic rings. The number of amides is 1. The summed E-state index contributed by atoms with van der Waals surface area (Å²) < 4.78 is 0. The van der Waals surface area contributed by atoms with E-state index in [4.69, 9.17) is 16.7 Å². The van der Waals surface area contributed by atoms with Crippen LogP contribution >= 0.6 is 11.6 Å². The minimum Gasteiger partial charge on any atom is -0.294 e. The first-order chi connectivity index (χ1) is 14.4. The largest absolute Gasteiger partial charge is 0.294 e. The van der Waals surface area contributed by atoms with Gasteiger partial charge in [-0.05, 0) is 75.0 Å². The van der Waals surface area contributed by atoms with Gasteiger partial charge in [0.05, 0.1) is 18.3 Å². The molecule has 158 valence electrons. The summed E-state index contributed by atoms with van der Waals surface area (Å²) in [6.45, 7) is 8.89. The number of hydrogen-bond acceptors (Lipinski definition) is 3. The summed E-state index contributed by atoms with van der Waals surface area (Å²) in [6, 6.07) is 14.1. The minimum absolute atomic E-state index is 0.0739. The summed E-state index contributed by atoms with van der Waals surface area (Å²) in [5.41, 5.74) is 5.58. The second kappa shape index (κ2) is 8.91. The van der Waals surface area contributed by atoms with Gasteiger partial charge in [0, 0.05) is 17.0 Å². The number of nitrogens with zero attached hydrogens (tertiary/aromatic N) is 3. The van der Waals surface area contributed by atoms with E-state index in [0.717, 1.165) is 48.7 Å². The Morgan fingerprint density at radius 2 is 1.80 bits per heavy atom. The summed E-state index contributed by atoms with van der Waals surface area (Å²) in [5.74, 6) is 0.823. The van der Waals surface area contributed by atoms with Crippen molar-refractivity contribution >= 4 is 23.2 Å². The highest BCUT2D eigenvalue weighted by Gasteiger charge is 2.34. The zero-order chi connectivity index (χ0) is 21.3. The molecule has 0 N–H and O–H groups in total. The normalized spacial score (nSPS) is 20.5. The topological polar surface area (TPSA) is 35.9 Å². The molecule has 1 amide bonds. The molecule has 0 aromatic heterocycles. The average molecular weight is 424 g/mol. The number of hydrogen-bond donors (Lipinski definition) is 0. The van der Waals surface area contributed by atoms with Crippen LogP contribution in [0.3, 0.4) is 0 Å². The van der Waals surface area contributed by atoms with Crippen molar-refractivity contribution in [2.24, 2.45) is 11.0 Å². The predicted molar refractivity (Wildman–Crippen MR) is 123 cm³/mol. The number of carbonyl (C=O) groups is 1. The first kappa shape index (κ1) is 21.1. The highest BCUT2D eigenvalue weighted by molar-refractivity contribution is 6.30. The van der Waals surface area contributed by atoms with E-state index < -0.39 is 0 Å². The Balaban J connectivity index is 1.61. The maximum atomic E-state index is 13.3. The number of halogens is 1. The standard InChI is InChI=1S/C25H30ClN3O/c1-17-10-12-28(13-11-17)16-25(30)29-24(20-6-8-21(26)9-7-20)15-23(27-29)22-14-18(2)4-5-19(22)3/h4-9,14,17,24H,10-13,15-16H2,1-3H3. The zero-order valence-electron chi connectivity index (χ0n) is 18.1. The van der Waals surface area contributed by atoms with Crippen molar-refractivity contribution < 1.29 is 4.79 Å². The van der Waals surface area contributed by atoms with Gasteiger partial charge in [0.25, 0.3) is 5.91 Å². The monoisotopic (exact) mass is 423 g/mol. The molecule has 2 aliphatic rings. The van der Waals surface area contributed by atoms with Crippen LogP contribution in [0.25, 0.3) is 0 Å². The Morgan fingerprint density at radius 1 is 1.10 bits per heavy atom. The van der Waals surface area contributed by atoms with Crippen LogP contribution in [0.4, 0.5) is 0 Å². The maximum Gasteiger partial charge on any atom is 0.257 e. The summed E-state index contributed by atoms with van der Waals surface area (Å²) in [7, 11) is 0. The summed E-state index contributed by atoms with van der Waals surface area (Å²) in [4.78, 5) is 15.6. The van der Waals surface area contributed by atoms with E-state index in [1.807, 2.05) is 24.3 Å². The molecule has 30 heavy (non-hydrogen) atoms. The van der Waals surface area contributed by atoms with E-state index in [0.29, 0.717) is 18.0 Å². The number of carbonyl (C=O) groups excluding carboxylic acids is 1. The third-order valence-electron chi connectivity index (χ3n) is 6.36. The van der Waals surface area contributed by atoms with Gasteiger partial charge in [0.15, 0.2) is 0 Å². The van der Waals surface area contributed by atoms with Crippen LogP contribution in [-0.4, -0.2) is 41.2 Å². The first-order valence-corrected chi connectivity index (χ1v) is 11.2. The number of aryl methyl sites for hydroxylation is 2. The number of hydrazone groups is 1. The van der Waals surface area contributed by atoms with Crippen LogP contribution in [0.15, 0.2) is 47.6 Å². The number of likely N-dealkylation sites (tertiary alicyclic amines) is 1. The van der Waals surface area contributed by atoms with E-state index in [1.54, 1.807) is 5.01 Å². The van der Waals surface area contributed by atoms with Crippen LogP contribution in [0.1, 0.15) is 54.5 Å². The lowest BCUT2D eigenvalue weighted by molar-refractivity contribution is -0.134. The molecule has 4 rings (SSSR count). The van der Waals surface area contributed by atoms with Crippen molar-refractivity contribution in [1.29, 1.82) is 0 Å². The number of piperidine rings is 1. The summed E-state index contributed by atoms with van der Waals surface area (Å²) in [5, 5.41) is 7.28. The third kappa shape index (κ3) is 4.60. The lowest BCUT2D eigenvalue weighted by Gasteiger charge is -2.31. The second-order valence-electron chi connectivity index (χ2n) is 8.83. The van der Waals surface area contributed by atoms with Crippen LogP contribution in [0.2, 0.25) is 5.02 Å². The van der Waals surface area contributed by atoms with Crippen molar-refractivity contribution in [2.75, 3.05) is 19.6 Å². The SMILES string of the molecule is Cc1ccc(C)c(C2=NN(C(=O)CN3CCC(C)CC3)C(c3ccc(Cl)cc3)C2)c1. The Labute approximate surface area is 184 Å². The smallest absolute Gasteiger partial charge is 0.257 e. The third-order valence-corrected chi connectivity index (χ3v) is 6.61. The van der Waals surface area contributed by atoms with E-state index in [9.17, 15) is 4.79 Å². The van der Waals surface area contributed by atoms with Crippen molar-refractivity contribution in [3.63, 3.8) is 0 Å². The molecule has 0 radical (unpaired) electrons. The van der Waals surface area contributed by atoms with Gasteiger partial charge in [-0.25, -0.2) is 5.01 Å². The van der Waals surface area contributed by atoms with Gasteiger partial charge < -0.3 is 0 Å². The van der Waals surface area contributed by atoms with E-state index in [2.05, 4.69) is 43.9 Å². The summed E-state index contributed by atoms with van der Waals surface area (Å²) in [6.07, 6.45) is 3.03. The molecule has 4 nitrogen and oxygen atoms in total. The molecule has 2 aliphatic heterocycles. The van der Waals surface area contributed by atoms with Crippen molar-refractivity contribution in [3.8, 4) is 0 Å². The number of rotatable bonds is 4. The van der Waals surface area contributed by atoms with E-state index in [1.165, 1.54) is 11.1 Å². The van der Waals surface area contributed by atoms with Gasteiger partial charge in [0.2, 0.25) is 0 Å². The van der Waals surface area contributed by atoms with Gasteiger partial charge in [-0.2, -0.15) is 5.10 Å². The molecule has 1 saturated heterocycles.